The number of halogens is 1. The maximum absolute atomic E-state index is 12.2. The molecule has 0 aromatic heterocycles. The number of nitro benzene ring substituents is 1. The summed E-state index contributed by atoms with van der Waals surface area (Å²) in [5, 5.41) is 16.8. The smallest absolute Gasteiger partial charge is 0.277 e. The highest BCUT2D eigenvalue weighted by atomic mass is 79.9. The van der Waals surface area contributed by atoms with Gasteiger partial charge in [-0.1, -0.05) is 58.4 Å². The zero-order valence-corrected chi connectivity index (χ0v) is 20.0. The van der Waals surface area contributed by atoms with Gasteiger partial charge in [-0.2, -0.15) is 5.10 Å². The first-order valence-corrected chi connectivity index (χ1v) is 11.4. The average molecular weight is 534 g/mol. The van der Waals surface area contributed by atoms with Crippen molar-refractivity contribution in [1.82, 2.24) is 5.43 Å². The number of fused-ring (bicyclic) bond motifs is 1. The summed E-state index contributed by atoms with van der Waals surface area (Å²) < 4.78 is 12.4. The number of nitrogens with one attached hydrogen (secondary N) is 1. The number of non-ortho nitro benzene ring substituents is 1. The lowest BCUT2D eigenvalue weighted by Gasteiger charge is -2.12. The number of ether oxygens (including phenoxy) is 2. The minimum Gasteiger partial charge on any atom is -0.488 e. The third-order valence-corrected chi connectivity index (χ3v) is 5.51. The van der Waals surface area contributed by atoms with Crippen molar-refractivity contribution in [2.45, 2.75) is 6.61 Å². The Kier molecular flexibility index (Phi) is 7.69. The van der Waals surface area contributed by atoms with Crippen LogP contribution in [0.25, 0.3) is 10.8 Å². The molecule has 176 valence electrons. The van der Waals surface area contributed by atoms with Crippen LogP contribution in [0.2, 0.25) is 0 Å². The minimum absolute atomic E-state index is 0.0561. The molecule has 0 radical (unpaired) electrons. The van der Waals surface area contributed by atoms with Gasteiger partial charge in [0.1, 0.15) is 18.1 Å². The number of hydrazone groups is 1. The summed E-state index contributed by atoms with van der Waals surface area (Å²) in [5.74, 6) is 0.493. The summed E-state index contributed by atoms with van der Waals surface area (Å²) in [6.45, 7) is 0.0744. The van der Waals surface area contributed by atoms with Crippen molar-refractivity contribution in [3.8, 4) is 11.5 Å². The second kappa shape index (κ2) is 11.3. The Balaban J connectivity index is 1.43. The van der Waals surface area contributed by atoms with Crippen LogP contribution in [0, 0.1) is 10.1 Å². The Morgan fingerprint density at radius 3 is 2.57 bits per heavy atom. The Hall–Kier alpha value is -4.24. The van der Waals surface area contributed by atoms with Crippen LogP contribution >= 0.6 is 15.9 Å². The van der Waals surface area contributed by atoms with Gasteiger partial charge in [0.15, 0.2) is 6.61 Å². The normalized spacial score (nSPS) is 10.9. The van der Waals surface area contributed by atoms with Crippen LogP contribution in [0.3, 0.4) is 0 Å². The summed E-state index contributed by atoms with van der Waals surface area (Å²) in [7, 11) is 0. The average Bonchev–Trinajstić information content (AvgIpc) is 2.87. The molecule has 1 N–H and O–H groups in total. The van der Waals surface area contributed by atoms with E-state index in [1.807, 2.05) is 60.7 Å². The van der Waals surface area contributed by atoms with Gasteiger partial charge < -0.3 is 9.47 Å². The van der Waals surface area contributed by atoms with Gasteiger partial charge in [-0.25, -0.2) is 5.43 Å². The number of hydrogen-bond acceptors (Lipinski definition) is 6. The van der Waals surface area contributed by atoms with E-state index in [9.17, 15) is 14.9 Å². The van der Waals surface area contributed by atoms with Crippen molar-refractivity contribution >= 4 is 44.5 Å². The molecule has 0 aliphatic rings. The SMILES string of the molecule is O=C(COc1ccc([N+](=O)[O-])cc1)N/N=C/c1c(OCc2cccc(Br)c2)ccc2ccccc12. The van der Waals surface area contributed by atoms with Crippen molar-refractivity contribution in [2.24, 2.45) is 5.10 Å². The first-order valence-electron chi connectivity index (χ1n) is 10.6. The highest BCUT2D eigenvalue weighted by Crippen LogP contribution is 2.27. The molecular formula is C26H20BrN3O5. The summed E-state index contributed by atoms with van der Waals surface area (Å²) in [5.41, 5.74) is 4.12. The number of nitro groups is 1. The van der Waals surface area contributed by atoms with E-state index in [2.05, 4.69) is 26.5 Å². The molecule has 4 aromatic carbocycles. The molecule has 4 rings (SSSR count). The number of nitrogens with zero attached hydrogens (tertiary/aromatic N) is 2. The third-order valence-electron chi connectivity index (χ3n) is 5.01. The predicted octanol–water partition coefficient (Wildman–Crippen LogP) is 5.62. The van der Waals surface area contributed by atoms with E-state index in [0.717, 1.165) is 26.4 Å². The van der Waals surface area contributed by atoms with Crippen molar-refractivity contribution in [3.63, 3.8) is 0 Å². The van der Waals surface area contributed by atoms with Crippen LogP contribution in [0.1, 0.15) is 11.1 Å². The summed E-state index contributed by atoms with van der Waals surface area (Å²) >= 11 is 3.47. The second-order valence-electron chi connectivity index (χ2n) is 7.45. The largest absolute Gasteiger partial charge is 0.488 e. The highest BCUT2D eigenvalue weighted by molar-refractivity contribution is 9.10. The fourth-order valence-electron chi connectivity index (χ4n) is 3.34. The molecule has 0 saturated heterocycles. The highest BCUT2D eigenvalue weighted by Gasteiger charge is 2.09. The zero-order valence-electron chi connectivity index (χ0n) is 18.4. The lowest BCUT2D eigenvalue weighted by atomic mass is 10.0. The maximum atomic E-state index is 12.2. The Morgan fingerprint density at radius 1 is 1.00 bits per heavy atom. The molecular weight excluding hydrogens is 514 g/mol. The van der Waals surface area contributed by atoms with E-state index in [0.29, 0.717) is 18.1 Å². The molecule has 9 heteroatoms. The van der Waals surface area contributed by atoms with Gasteiger partial charge in [0, 0.05) is 22.2 Å². The van der Waals surface area contributed by atoms with E-state index >= 15 is 0 Å². The summed E-state index contributed by atoms with van der Waals surface area (Å²) in [4.78, 5) is 22.4. The molecule has 0 spiro atoms. The van der Waals surface area contributed by atoms with Crippen molar-refractivity contribution in [1.29, 1.82) is 0 Å². The Bertz CT molecular complexity index is 1390. The van der Waals surface area contributed by atoms with Gasteiger partial charge in [0.05, 0.1) is 11.1 Å². The van der Waals surface area contributed by atoms with Gasteiger partial charge in [-0.05, 0) is 46.7 Å². The third kappa shape index (κ3) is 6.42. The van der Waals surface area contributed by atoms with Crippen LogP contribution in [0.5, 0.6) is 11.5 Å². The van der Waals surface area contributed by atoms with Crippen LogP contribution in [0.15, 0.2) is 94.5 Å². The molecule has 0 atom stereocenters. The van der Waals surface area contributed by atoms with E-state index in [1.165, 1.54) is 24.3 Å². The van der Waals surface area contributed by atoms with Crippen molar-refractivity contribution < 1.29 is 19.2 Å². The Morgan fingerprint density at radius 2 is 1.80 bits per heavy atom. The van der Waals surface area contributed by atoms with Crippen LogP contribution in [-0.2, 0) is 11.4 Å². The van der Waals surface area contributed by atoms with Crippen LogP contribution in [0.4, 0.5) is 5.69 Å². The van der Waals surface area contributed by atoms with Crippen molar-refractivity contribution in [3.05, 3.63) is 111 Å². The predicted molar refractivity (Wildman–Crippen MR) is 137 cm³/mol. The van der Waals surface area contributed by atoms with E-state index in [-0.39, 0.29) is 12.3 Å². The molecule has 0 fully saturated rings. The van der Waals surface area contributed by atoms with Gasteiger partial charge in [0.2, 0.25) is 0 Å². The number of rotatable bonds is 9. The molecule has 0 aliphatic heterocycles. The van der Waals surface area contributed by atoms with E-state index in [4.69, 9.17) is 9.47 Å². The van der Waals surface area contributed by atoms with E-state index in [1.54, 1.807) is 6.21 Å². The van der Waals surface area contributed by atoms with Crippen molar-refractivity contribution in [2.75, 3.05) is 6.61 Å². The van der Waals surface area contributed by atoms with Crippen LogP contribution < -0.4 is 14.9 Å². The topological polar surface area (TPSA) is 103 Å². The molecule has 0 unspecified atom stereocenters. The standard InChI is InChI=1S/C26H20BrN3O5/c27-20-6-3-4-18(14-20)16-35-25-13-8-19-5-1-2-7-23(19)24(25)15-28-29-26(31)17-34-22-11-9-21(10-12-22)30(32)33/h1-15H,16-17H2,(H,29,31)/b28-15+. The van der Waals surface area contributed by atoms with Gasteiger partial charge >= 0.3 is 0 Å². The van der Waals surface area contributed by atoms with Gasteiger partial charge in [-0.15, -0.1) is 0 Å². The molecule has 1 amide bonds. The second-order valence-corrected chi connectivity index (χ2v) is 8.37. The monoisotopic (exact) mass is 533 g/mol. The quantitative estimate of drug-likeness (QED) is 0.171. The number of carbonyl (C=O) groups is 1. The molecule has 0 aliphatic carbocycles. The molecule has 0 saturated carbocycles. The fraction of sp³-hybridized carbons (Fsp3) is 0.0769. The molecule has 35 heavy (non-hydrogen) atoms. The lowest BCUT2D eigenvalue weighted by molar-refractivity contribution is -0.384. The molecule has 0 heterocycles. The number of amides is 1. The first kappa shape index (κ1) is 23.9. The number of benzene rings is 4. The van der Waals surface area contributed by atoms with E-state index < -0.39 is 10.8 Å². The van der Waals surface area contributed by atoms with Crippen LogP contribution in [-0.4, -0.2) is 23.7 Å². The zero-order chi connectivity index (χ0) is 24.6. The fourth-order valence-corrected chi connectivity index (χ4v) is 3.78. The van der Waals surface area contributed by atoms with Gasteiger partial charge in [0.25, 0.3) is 11.6 Å². The first-order chi connectivity index (χ1) is 17.0. The molecule has 4 aromatic rings. The number of carbonyl (C=O) groups excluding carboxylic acids is 1. The molecule has 8 nitrogen and oxygen atoms in total. The minimum atomic E-state index is -0.505. The number of hydrogen-bond donors (Lipinski definition) is 1. The lowest BCUT2D eigenvalue weighted by Crippen LogP contribution is -2.24. The summed E-state index contributed by atoms with van der Waals surface area (Å²) in [6.07, 6.45) is 1.54. The maximum Gasteiger partial charge on any atom is 0.277 e. The molecule has 0 bridgehead atoms. The summed E-state index contributed by atoms with van der Waals surface area (Å²) in [6, 6.07) is 25.0. The Labute approximate surface area is 209 Å². The van der Waals surface area contributed by atoms with Gasteiger partial charge in [-0.3, -0.25) is 14.9 Å².